The summed E-state index contributed by atoms with van der Waals surface area (Å²) in [5.74, 6) is -0.947. The number of rotatable bonds is 6. The number of nitrogens with zero attached hydrogens (tertiary/aromatic N) is 3. The van der Waals surface area contributed by atoms with Crippen molar-refractivity contribution in [1.82, 2.24) is 0 Å². The highest BCUT2D eigenvalue weighted by molar-refractivity contribution is 6.51. The second-order valence-electron chi connectivity index (χ2n) is 9.25. The molecule has 1 heterocycles. The third-order valence-electron chi connectivity index (χ3n) is 6.48. The third-order valence-corrected chi connectivity index (χ3v) is 6.48. The van der Waals surface area contributed by atoms with Crippen molar-refractivity contribution in [3.05, 3.63) is 89.0 Å². The Morgan fingerprint density at radius 3 is 1.92 bits per heavy atom. The Kier molecular flexibility index (Phi) is 6.75. The zero-order valence-electron chi connectivity index (χ0n) is 21.4. The number of amides is 1. The molecule has 1 fully saturated rings. The quantitative estimate of drug-likeness (QED) is 0.308. The molecule has 0 aromatic heterocycles. The van der Waals surface area contributed by atoms with E-state index in [0.717, 1.165) is 22.5 Å². The molecule has 7 heteroatoms. The van der Waals surface area contributed by atoms with Crippen LogP contribution >= 0.6 is 0 Å². The van der Waals surface area contributed by atoms with Crippen molar-refractivity contribution in [3.63, 3.8) is 0 Å². The smallest absolute Gasteiger partial charge is 0.300 e. The van der Waals surface area contributed by atoms with Crippen LogP contribution in [0.15, 0.2) is 72.3 Å². The van der Waals surface area contributed by atoms with E-state index in [1.807, 2.05) is 93.4 Å². The normalized spacial score (nSPS) is 16.8. The first-order valence-corrected chi connectivity index (χ1v) is 11.6. The van der Waals surface area contributed by atoms with Crippen molar-refractivity contribution < 1.29 is 19.4 Å². The van der Waals surface area contributed by atoms with Gasteiger partial charge < -0.3 is 19.6 Å². The van der Waals surface area contributed by atoms with E-state index in [9.17, 15) is 14.7 Å². The summed E-state index contributed by atoms with van der Waals surface area (Å²) in [6.45, 7) is 1.86. The molecule has 0 spiro atoms. The number of carbonyl (C=O) groups excluding carboxylic acids is 2. The first-order valence-electron chi connectivity index (χ1n) is 11.6. The zero-order chi connectivity index (χ0) is 26.1. The maximum Gasteiger partial charge on any atom is 0.300 e. The van der Waals surface area contributed by atoms with Crippen LogP contribution in [0.4, 0.5) is 17.1 Å². The predicted octanol–water partition coefficient (Wildman–Crippen LogP) is 4.76. The minimum Gasteiger partial charge on any atom is -0.507 e. The molecule has 186 valence electrons. The lowest BCUT2D eigenvalue weighted by molar-refractivity contribution is -0.132. The molecule has 3 aromatic carbocycles. The van der Waals surface area contributed by atoms with E-state index in [4.69, 9.17) is 4.74 Å². The molecule has 1 aliphatic heterocycles. The lowest BCUT2D eigenvalue weighted by atomic mass is 9.94. The topological polar surface area (TPSA) is 73.3 Å². The Balaban J connectivity index is 1.90. The van der Waals surface area contributed by atoms with Gasteiger partial charge in [0.2, 0.25) is 0 Å². The number of Topliss-reactive ketones (excluding diaryl/α,β-unsaturated/α-hetero) is 1. The zero-order valence-corrected chi connectivity index (χ0v) is 21.4. The van der Waals surface area contributed by atoms with Crippen LogP contribution in [-0.4, -0.2) is 52.1 Å². The van der Waals surface area contributed by atoms with Gasteiger partial charge in [-0.3, -0.25) is 14.5 Å². The number of carbonyl (C=O) groups is 2. The van der Waals surface area contributed by atoms with Crippen molar-refractivity contribution >= 4 is 34.5 Å². The monoisotopic (exact) mass is 485 g/mol. The highest BCUT2D eigenvalue weighted by Gasteiger charge is 2.47. The van der Waals surface area contributed by atoms with E-state index in [-0.39, 0.29) is 11.3 Å². The van der Waals surface area contributed by atoms with E-state index in [1.54, 1.807) is 25.3 Å². The fraction of sp³-hybridized carbons (Fsp3) is 0.241. The number of aryl methyl sites for hydroxylation is 1. The van der Waals surface area contributed by atoms with Crippen LogP contribution in [0.1, 0.15) is 22.7 Å². The fourth-order valence-corrected chi connectivity index (χ4v) is 4.46. The van der Waals surface area contributed by atoms with Crippen molar-refractivity contribution in [2.75, 3.05) is 50.0 Å². The molecule has 1 amide bonds. The number of aliphatic hydroxyl groups excluding tert-OH is 1. The lowest BCUT2D eigenvalue weighted by Crippen LogP contribution is -2.29. The lowest BCUT2D eigenvalue weighted by Gasteiger charge is -2.26. The maximum atomic E-state index is 13.4. The SMILES string of the molecule is COc1ccc(/C(O)=C2/C(=O)C(=O)N(c3ccc(N(C)C)cc3)C2c2ccc(N(C)C)cc2)cc1C. The Bertz CT molecular complexity index is 1330. The van der Waals surface area contributed by atoms with Crippen LogP contribution in [0.5, 0.6) is 5.75 Å². The van der Waals surface area contributed by atoms with Gasteiger partial charge in [-0.25, -0.2) is 0 Å². The van der Waals surface area contributed by atoms with Gasteiger partial charge in [0.1, 0.15) is 11.5 Å². The van der Waals surface area contributed by atoms with Gasteiger partial charge in [0.15, 0.2) is 0 Å². The number of ether oxygens (including phenoxy) is 1. The molecular weight excluding hydrogens is 454 g/mol. The standard InChI is InChI=1S/C29H31N3O4/c1-18-17-20(9-16-24(18)36-6)27(33)25-26(19-7-10-21(11-8-19)30(2)3)32(29(35)28(25)34)23-14-12-22(13-15-23)31(4)5/h7-17,26,33H,1-6H3/b27-25-. The number of methoxy groups -OCH3 is 1. The molecular formula is C29H31N3O4. The first-order chi connectivity index (χ1) is 17.1. The molecule has 0 saturated carbocycles. The Labute approximate surface area is 211 Å². The van der Waals surface area contributed by atoms with Gasteiger partial charge in [0.05, 0.1) is 18.7 Å². The molecule has 0 radical (unpaired) electrons. The van der Waals surface area contributed by atoms with Crippen LogP contribution in [0.25, 0.3) is 5.76 Å². The summed E-state index contributed by atoms with van der Waals surface area (Å²) < 4.78 is 5.33. The summed E-state index contributed by atoms with van der Waals surface area (Å²) in [6.07, 6.45) is 0. The molecule has 1 aliphatic rings. The van der Waals surface area contributed by atoms with Crippen molar-refractivity contribution in [2.45, 2.75) is 13.0 Å². The van der Waals surface area contributed by atoms with E-state index in [0.29, 0.717) is 17.0 Å². The number of hydrogen-bond donors (Lipinski definition) is 1. The fourth-order valence-electron chi connectivity index (χ4n) is 4.46. The highest BCUT2D eigenvalue weighted by atomic mass is 16.5. The van der Waals surface area contributed by atoms with Gasteiger partial charge >= 0.3 is 0 Å². The molecule has 7 nitrogen and oxygen atoms in total. The van der Waals surface area contributed by atoms with E-state index in [2.05, 4.69) is 0 Å². The van der Waals surface area contributed by atoms with E-state index >= 15 is 0 Å². The Morgan fingerprint density at radius 1 is 0.861 bits per heavy atom. The summed E-state index contributed by atoms with van der Waals surface area (Å²) >= 11 is 0. The summed E-state index contributed by atoms with van der Waals surface area (Å²) in [4.78, 5) is 32.2. The van der Waals surface area contributed by atoms with Crippen molar-refractivity contribution in [3.8, 4) is 5.75 Å². The van der Waals surface area contributed by atoms with Gasteiger partial charge in [-0.2, -0.15) is 0 Å². The highest BCUT2D eigenvalue weighted by Crippen LogP contribution is 2.43. The first kappa shape index (κ1) is 24.9. The molecule has 0 aliphatic carbocycles. The molecule has 1 saturated heterocycles. The minimum absolute atomic E-state index is 0.0545. The number of ketones is 1. The predicted molar refractivity (Wildman–Crippen MR) is 144 cm³/mol. The van der Waals surface area contributed by atoms with Crippen LogP contribution in [0.2, 0.25) is 0 Å². The molecule has 4 rings (SSSR count). The van der Waals surface area contributed by atoms with Crippen LogP contribution in [0, 0.1) is 6.92 Å². The molecule has 1 N–H and O–H groups in total. The third kappa shape index (κ3) is 4.40. The molecule has 3 aromatic rings. The summed E-state index contributed by atoms with van der Waals surface area (Å²) in [5, 5.41) is 11.4. The summed E-state index contributed by atoms with van der Waals surface area (Å²) in [5.41, 5.74) is 4.57. The molecule has 36 heavy (non-hydrogen) atoms. The largest absolute Gasteiger partial charge is 0.507 e. The van der Waals surface area contributed by atoms with Gasteiger partial charge in [-0.15, -0.1) is 0 Å². The minimum atomic E-state index is -0.783. The molecule has 1 unspecified atom stereocenters. The second kappa shape index (κ2) is 9.77. The van der Waals surface area contributed by atoms with Gasteiger partial charge in [0, 0.05) is 50.8 Å². The van der Waals surface area contributed by atoms with Crippen LogP contribution in [-0.2, 0) is 9.59 Å². The second-order valence-corrected chi connectivity index (χ2v) is 9.25. The molecule has 1 atom stereocenters. The molecule has 0 bridgehead atoms. The van der Waals surface area contributed by atoms with Crippen molar-refractivity contribution in [1.29, 1.82) is 0 Å². The number of aliphatic hydroxyl groups is 1. The maximum absolute atomic E-state index is 13.4. The van der Waals surface area contributed by atoms with Crippen LogP contribution < -0.4 is 19.4 Å². The van der Waals surface area contributed by atoms with Gasteiger partial charge in [-0.1, -0.05) is 12.1 Å². The van der Waals surface area contributed by atoms with Gasteiger partial charge in [-0.05, 0) is 72.6 Å². The van der Waals surface area contributed by atoms with E-state index < -0.39 is 17.7 Å². The Hall–Kier alpha value is -4.26. The average Bonchev–Trinajstić information content (AvgIpc) is 3.13. The van der Waals surface area contributed by atoms with Crippen molar-refractivity contribution in [2.24, 2.45) is 0 Å². The van der Waals surface area contributed by atoms with E-state index in [1.165, 1.54) is 4.90 Å². The summed E-state index contributed by atoms with van der Waals surface area (Å²) in [6, 6.07) is 19.5. The number of anilines is 3. The van der Waals surface area contributed by atoms with Gasteiger partial charge in [0.25, 0.3) is 11.7 Å². The Morgan fingerprint density at radius 2 is 1.42 bits per heavy atom. The average molecular weight is 486 g/mol. The van der Waals surface area contributed by atoms with Crippen LogP contribution in [0.3, 0.4) is 0 Å². The summed E-state index contributed by atoms with van der Waals surface area (Å²) in [7, 11) is 9.33. The number of hydrogen-bond acceptors (Lipinski definition) is 6. The number of benzene rings is 3.